The Morgan fingerprint density at radius 2 is 1.81 bits per heavy atom. The SMILES string of the molecule is CNC(=O)c1nn(C[C@@H](O)COCc2ccccc2)c(=O)c2ccccc12. The van der Waals surface area contributed by atoms with E-state index in [0.29, 0.717) is 17.4 Å². The van der Waals surface area contributed by atoms with Crippen LogP contribution in [0.4, 0.5) is 0 Å². The van der Waals surface area contributed by atoms with Gasteiger partial charge in [0, 0.05) is 12.4 Å². The third kappa shape index (κ3) is 4.39. The van der Waals surface area contributed by atoms with Crippen molar-refractivity contribution in [3.8, 4) is 0 Å². The van der Waals surface area contributed by atoms with Crippen LogP contribution in [0.15, 0.2) is 59.4 Å². The van der Waals surface area contributed by atoms with Crippen molar-refractivity contribution in [2.75, 3.05) is 13.7 Å². The van der Waals surface area contributed by atoms with E-state index in [9.17, 15) is 14.7 Å². The summed E-state index contributed by atoms with van der Waals surface area (Å²) in [6.07, 6.45) is -0.933. The minimum absolute atomic E-state index is 0.0468. The van der Waals surface area contributed by atoms with Gasteiger partial charge in [0.2, 0.25) is 0 Å². The van der Waals surface area contributed by atoms with Crippen LogP contribution in [0, 0.1) is 0 Å². The molecule has 0 aliphatic heterocycles. The van der Waals surface area contributed by atoms with E-state index in [0.717, 1.165) is 10.2 Å². The normalized spacial score (nSPS) is 12.1. The zero-order valence-corrected chi connectivity index (χ0v) is 15.0. The lowest BCUT2D eigenvalue weighted by Gasteiger charge is -2.14. The Morgan fingerprint density at radius 3 is 2.52 bits per heavy atom. The van der Waals surface area contributed by atoms with E-state index in [4.69, 9.17) is 4.74 Å². The second-order valence-corrected chi connectivity index (χ2v) is 6.12. The predicted molar refractivity (Wildman–Crippen MR) is 101 cm³/mol. The monoisotopic (exact) mass is 367 g/mol. The van der Waals surface area contributed by atoms with Crippen molar-refractivity contribution in [2.24, 2.45) is 0 Å². The minimum atomic E-state index is -0.933. The van der Waals surface area contributed by atoms with Gasteiger partial charge < -0.3 is 15.2 Å². The highest BCUT2D eigenvalue weighted by Crippen LogP contribution is 2.13. The molecule has 1 atom stereocenters. The third-order valence-electron chi connectivity index (χ3n) is 4.12. The van der Waals surface area contributed by atoms with Gasteiger partial charge in [-0.3, -0.25) is 9.59 Å². The number of amides is 1. The van der Waals surface area contributed by atoms with Crippen LogP contribution in [-0.4, -0.2) is 40.6 Å². The fourth-order valence-electron chi connectivity index (χ4n) is 2.78. The number of hydrogen-bond donors (Lipinski definition) is 2. The fraction of sp³-hybridized carbons (Fsp3) is 0.250. The van der Waals surface area contributed by atoms with Gasteiger partial charge in [-0.05, 0) is 11.6 Å². The Morgan fingerprint density at radius 1 is 1.15 bits per heavy atom. The number of ether oxygens (including phenoxy) is 1. The molecule has 3 rings (SSSR count). The molecule has 7 nitrogen and oxygen atoms in total. The second-order valence-electron chi connectivity index (χ2n) is 6.12. The highest BCUT2D eigenvalue weighted by atomic mass is 16.5. The molecule has 2 N–H and O–H groups in total. The van der Waals surface area contributed by atoms with E-state index >= 15 is 0 Å². The Kier molecular flexibility index (Phi) is 5.95. The quantitative estimate of drug-likeness (QED) is 0.657. The molecular weight excluding hydrogens is 346 g/mol. The van der Waals surface area contributed by atoms with Crippen LogP contribution >= 0.6 is 0 Å². The standard InChI is InChI=1S/C20H21N3O4/c1-21-19(25)18-16-9-5-6-10-17(16)20(26)23(22-18)11-15(24)13-27-12-14-7-3-2-4-8-14/h2-10,15,24H,11-13H2,1H3,(H,21,25)/t15-/m1/s1. The third-order valence-corrected chi connectivity index (χ3v) is 4.12. The van der Waals surface area contributed by atoms with Gasteiger partial charge in [-0.25, -0.2) is 4.68 Å². The molecule has 0 radical (unpaired) electrons. The Balaban J connectivity index is 1.76. The van der Waals surface area contributed by atoms with E-state index in [1.807, 2.05) is 30.3 Å². The lowest BCUT2D eigenvalue weighted by Crippen LogP contribution is -2.34. The Bertz CT molecular complexity index is 985. The zero-order chi connectivity index (χ0) is 19.2. The van der Waals surface area contributed by atoms with Crippen molar-refractivity contribution in [1.29, 1.82) is 0 Å². The number of hydrogen-bond acceptors (Lipinski definition) is 5. The molecule has 0 aliphatic carbocycles. The molecule has 0 saturated heterocycles. The average Bonchev–Trinajstić information content (AvgIpc) is 2.70. The van der Waals surface area contributed by atoms with Gasteiger partial charge in [-0.15, -0.1) is 0 Å². The molecule has 0 aliphatic rings. The highest BCUT2D eigenvalue weighted by Gasteiger charge is 2.17. The van der Waals surface area contributed by atoms with E-state index in [2.05, 4.69) is 10.4 Å². The lowest BCUT2D eigenvalue weighted by molar-refractivity contribution is 0.0180. The lowest BCUT2D eigenvalue weighted by atomic mass is 10.1. The van der Waals surface area contributed by atoms with Crippen molar-refractivity contribution < 1.29 is 14.6 Å². The number of fused-ring (bicyclic) bond motifs is 1. The van der Waals surface area contributed by atoms with Crippen LogP contribution in [0.3, 0.4) is 0 Å². The number of aliphatic hydroxyl groups excluding tert-OH is 1. The van der Waals surface area contributed by atoms with E-state index in [-0.39, 0.29) is 24.4 Å². The van der Waals surface area contributed by atoms with Crippen molar-refractivity contribution in [3.05, 3.63) is 76.2 Å². The number of nitrogens with one attached hydrogen (secondary N) is 1. The number of carbonyl (C=O) groups excluding carboxylic acids is 1. The number of aliphatic hydroxyl groups is 1. The second kappa shape index (κ2) is 8.57. The summed E-state index contributed by atoms with van der Waals surface area (Å²) in [7, 11) is 1.50. The largest absolute Gasteiger partial charge is 0.389 e. The molecule has 0 fully saturated rings. The van der Waals surface area contributed by atoms with Crippen molar-refractivity contribution >= 4 is 16.7 Å². The number of carbonyl (C=O) groups is 1. The van der Waals surface area contributed by atoms with Crippen LogP contribution in [0.1, 0.15) is 16.1 Å². The molecule has 2 aromatic carbocycles. The minimum Gasteiger partial charge on any atom is -0.389 e. The van der Waals surface area contributed by atoms with Gasteiger partial charge in [-0.1, -0.05) is 48.5 Å². The van der Waals surface area contributed by atoms with E-state index in [1.54, 1.807) is 24.3 Å². The van der Waals surface area contributed by atoms with Crippen LogP contribution in [0.2, 0.25) is 0 Å². The highest BCUT2D eigenvalue weighted by molar-refractivity contribution is 6.04. The molecule has 1 amide bonds. The molecule has 1 heterocycles. The number of aromatic nitrogens is 2. The molecule has 140 valence electrons. The van der Waals surface area contributed by atoms with Gasteiger partial charge in [0.1, 0.15) is 0 Å². The molecule has 1 aromatic heterocycles. The number of rotatable bonds is 7. The smallest absolute Gasteiger partial charge is 0.274 e. The van der Waals surface area contributed by atoms with Crippen LogP contribution in [-0.2, 0) is 17.9 Å². The Labute approximate surface area is 156 Å². The summed E-state index contributed by atoms with van der Waals surface area (Å²) in [6.45, 7) is 0.342. The molecule has 3 aromatic rings. The van der Waals surface area contributed by atoms with Gasteiger partial charge in [0.15, 0.2) is 5.69 Å². The first-order valence-corrected chi connectivity index (χ1v) is 8.62. The molecular formula is C20H21N3O4. The fourth-order valence-corrected chi connectivity index (χ4v) is 2.78. The molecule has 0 spiro atoms. The van der Waals surface area contributed by atoms with E-state index in [1.165, 1.54) is 7.05 Å². The van der Waals surface area contributed by atoms with Gasteiger partial charge >= 0.3 is 0 Å². The first-order valence-electron chi connectivity index (χ1n) is 8.62. The summed E-state index contributed by atoms with van der Waals surface area (Å²) in [5.74, 6) is -0.394. The topological polar surface area (TPSA) is 93.5 Å². The van der Waals surface area contributed by atoms with Gasteiger partial charge in [-0.2, -0.15) is 5.10 Å². The van der Waals surface area contributed by atoms with Crippen molar-refractivity contribution in [1.82, 2.24) is 15.1 Å². The van der Waals surface area contributed by atoms with Crippen LogP contribution < -0.4 is 10.9 Å². The first-order chi connectivity index (χ1) is 13.1. The number of nitrogens with zero attached hydrogens (tertiary/aromatic N) is 2. The molecule has 0 unspecified atom stereocenters. The summed E-state index contributed by atoms with van der Waals surface area (Å²) < 4.78 is 6.62. The van der Waals surface area contributed by atoms with Crippen LogP contribution in [0.5, 0.6) is 0 Å². The molecule has 27 heavy (non-hydrogen) atoms. The zero-order valence-electron chi connectivity index (χ0n) is 15.0. The summed E-state index contributed by atoms with van der Waals surface area (Å²) in [6, 6.07) is 16.4. The number of benzene rings is 2. The predicted octanol–water partition coefficient (Wildman–Crippen LogP) is 1.33. The van der Waals surface area contributed by atoms with Crippen LogP contribution in [0.25, 0.3) is 10.8 Å². The summed E-state index contributed by atoms with van der Waals surface area (Å²) in [4.78, 5) is 24.8. The first kappa shape index (κ1) is 18.8. The Hall–Kier alpha value is -3.03. The maximum atomic E-state index is 12.6. The van der Waals surface area contributed by atoms with Crippen molar-refractivity contribution in [3.63, 3.8) is 0 Å². The van der Waals surface area contributed by atoms with Crippen molar-refractivity contribution in [2.45, 2.75) is 19.3 Å². The van der Waals surface area contributed by atoms with Gasteiger partial charge in [0.25, 0.3) is 11.5 Å². The van der Waals surface area contributed by atoms with E-state index < -0.39 is 12.0 Å². The maximum Gasteiger partial charge on any atom is 0.274 e. The average molecular weight is 367 g/mol. The molecule has 7 heteroatoms. The molecule has 0 saturated carbocycles. The molecule has 0 bridgehead atoms. The van der Waals surface area contributed by atoms with Gasteiger partial charge in [0.05, 0.1) is 31.2 Å². The maximum absolute atomic E-state index is 12.6. The summed E-state index contributed by atoms with van der Waals surface area (Å²) >= 11 is 0. The summed E-state index contributed by atoms with van der Waals surface area (Å²) in [5, 5.41) is 17.8. The summed E-state index contributed by atoms with van der Waals surface area (Å²) in [5.41, 5.74) is 0.776.